The molecule has 2 nitrogen and oxygen atoms in total. The lowest BCUT2D eigenvalue weighted by Gasteiger charge is -2.17. The van der Waals surface area contributed by atoms with E-state index >= 15 is 0 Å². The molecule has 2 rings (SSSR count). The second kappa shape index (κ2) is 3.05. The van der Waals surface area contributed by atoms with Gasteiger partial charge in [-0.2, -0.15) is 0 Å². The Balaban J connectivity index is 2.63. The zero-order chi connectivity index (χ0) is 10.2. The van der Waals surface area contributed by atoms with Gasteiger partial charge in [-0.3, -0.25) is 9.97 Å². The van der Waals surface area contributed by atoms with E-state index in [0.29, 0.717) is 0 Å². The molecule has 2 heterocycles. The Hall–Kier alpha value is -1.44. The lowest BCUT2D eigenvalue weighted by atomic mass is 9.91. The second-order valence-electron chi connectivity index (χ2n) is 4.51. The monoisotopic (exact) mass is 186 g/mol. The van der Waals surface area contributed by atoms with E-state index in [-0.39, 0.29) is 5.41 Å². The molecule has 0 amide bonds. The smallest absolute Gasteiger partial charge is 0.0736 e. The SMILES string of the molecule is CC(C)(C)c1ccc2cnccc2n1. The van der Waals surface area contributed by atoms with Crippen LogP contribution in [0.25, 0.3) is 10.9 Å². The molecule has 0 spiro atoms. The molecule has 0 radical (unpaired) electrons. The van der Waals surface area contributed by atoms with Crippen molar-refractivity contribution in [1.82, 2.24) is 9.97 Å². The van der Waals surface area contributed by atoms with Gasteiger partial charge in [0.15, 0.2) is 0 Å². The topological polar surface area (TPSA) is 25.8 Å². The third-order valence-corrected chi connectivity index (χ3v) is 2.26. The number of rotatable bonds is 0. The summed E-state index contributed by atoms with van der Waals surface area (Å²) in [6.45, 7) is 6.51. The number of hydrogen-bond donors (Lipinski definition) is 0. The number of fused-ring (bicyclic) bond motifs is 1. The van der Waals surface area contributed by atoms with E-state index in [1.54, 1.807) is 6.20 Å². The van der Waals surface area contributed by atoms with Gasteiger partial charge in [0.05, 0.1) is 5.52 Å². The van der Waals surface area contributed by atoms with E-state index in [4.69, 9.17) is 0 Å². The van der Waals surface area contributed by atoms with Crippen molar-refractivity contribution in [2.75, 3.05) is 0 Å². The summed E-state index contributed by atoms with van der Waals surface area (Å²) in [5, 5.41) is 1.10. The molecule has 0 bridgehead atoms. The fraction of sp³-hybridized carbons (Fsp3) is 0.333. The fourth-order valence-electron chi connectivity index (χ4n) is 1.38. The van der Waals surface area contributed by atoms with Crippen molar-refractivity contribution in [2.24, 2.45) is 0 Å². The molecule has 0 saturated heterocycles. The predicted molar refractivity (Wildman–Crippen MR) is 58.2 cm³/mol. The maximum absolute atomic E-state index is 4.61. The van der Waals surface area contributed by atoms with Crippen LogP contribution in [0.4, 0.5) is 0 Å². The Kier molecular flexibility index (Phi) is 1.99. The van der Waals surface area contributed by atoms with Gasteiger partial charge in [0, 0.05) is 28.9 Å². The quantitative estimate of drug-likeness (QED) is 0.632. The Morgan fingerprint density at radius 2 is 1.86 bits per heavy atom. The summed E-state index contributed by atoms with van der Waals surface area (Å²) in [6.07, 6.45) is 3.62. The van der Waals surface area contributed by atoms with Crippen molar-refractivity contribution >= 4 is 10.9 Å². The zero-order valence-corrected chi connectivity index (χ0v) is 8.78. The van der Waals surface area contributed by atoms with E-state index in [1.807, 2.05) is 12.3 Å². The molecule has 0 fully saturated rings. The molecule has 2 aromatic heterocycles. The average molecular weight is 186 g/mol. The van der Waals surface area contributed by atoms with Crippen LogP contribution in [0.3, 0.4) is 0 Å². The van der Waals surface area contributed by atoms with Gasteiger partial charge in [0.1, 0.15) is 0 Å². The van der Waals surface area contributed by atoms with Gasteiger partial charge in [0.2, 0.25) is 0 Å². The highest BCUT2D eigenvalue weighted by atomic mass is 14.7. The molecule has 0 aliphatic carbocycles. The first-order chi connectivity index (χ1) is 6.57. The summed E-state index contributed by atoms with van der Waals surface area (Å²) < 4.78 is 0. The van der Waals surface area contributed by atoms with Crippen molar-refractivity contribution in [2.45, 2.75) is 26.2 Å². The van der Waals surface area contributed by atoms with Crippen LogP contribution in [0.1, 0.15) is 26.5 Å². The molecule has 2 heteroatoms. The molecule has 0 atom stereocenters. The Morgan fingerprint density at radius 1 is 1.07 bits per heavy atom. The van der Waals surface area contributed by atoms with Crippen LogP contribution in [0.5, 0.6) is 0 Å². The fourth-order valence-corrected chi connectivity index (χ4v) is 1.38. The normalized spacial score (nSPS) is 11.9. The van der Waals surface area contributed by atoms with Crippen molar-refractivity contribution in [3.63, 3.8) is 0 Å². The van der Waals surface area contributed by atoms with Gasteiger partial charge in [-0.05, 0) is 18.2 Å². The van der Waals surface area contributed by atoms with E-state index < -0.39 is 0 Å². The van der Waals surface area contributed by atoms with E-state index in [9.17, 15) is 0 Å². The minimum atomic E-state index is 0.109. The summed E-state index contributed by atoms with van der Waals surface area (Å²) >= 11 is 0. The second-order valence-corrected chi connectivity index (χ2v) is 4.51. The molecule has 14 heavy (non-hydrogen) atoms. The minimum absolute atomic E-state index is 0.109. The number of aromatic nitrogens is 2. The molecular weight excluding hydrogens is 172 g/mol. The van der Waals surface area contributed by atoms with Gasteiger partial charge >= 0.3 is 0 Å². The zero-order valence-electron chi connectivity index (χ0n) is 8.78. The highest BCUT2D eigenvalue weighted by Gasteiger charge is 2.15. The molecule has 0 aromatic carbocycles. The molecule has 0 unspecified atom stereocenters. The molecule has 0 N–H and O–H groups in total. The van der Waals surface area contributed by atoms with E-state index in [2.05, 4.69) is 42.9 Å². The van der Waals surface area contributed by atoms with Crippen LogP contribution in [-0.2, 0) is 5.41 Å². The van der Waals surface area contributed by atoms with E-state index in [0.717, 1.165) is 16.6 Å². The Labute approximate surface area is 84.0 Å². The van der Waals surface area contributed by atoms with Crippen LogP contribution in [0.2, 0.25) is 0 Å². The highest BCUT2D eigenvalue weighted by Crippen LogP contribution is 2.22. The molecular formula is C12H14N2. The van der Waals surface area contributed by atoms with Gasteiger partial charge < -0.3 is 0 Å². The molecule has 2 aromatic rings. The van der Waals surface area contributed by atoms with Crippen LogP contribution < -0.4 is 0 Å². The van der Waals surface area contributed by atoms with Gasteiger partial charge in [-0.15, -0.1) is 0 Å². The minimum Gasteiger partial charge on any atom is -0.264 e. The maximum Gasteiger partial charge on any atom is 0.0736 e. The molecule has 72 valence electrons. The molecule has 0 aliphatic rings. The van der Waals surface area contributed by atoms with Gasteiger partial charge in [-0.1, -0.05) is 20.8 Å². The van der Waals surface area contributed by atoms with E-state index in [1.165, 1.54) is 0 Å². The van der Waals surface area contributed by atoms with Crippen molar-refractivity contribution in [1.29, 1.82) is 0 Å². The predicted octanol–water partition coefficient (Wildman–Crippen LogP) is 2.93. The average Bonchev–Trinajstić information content (AvgIpc) is 2.16. The molecule has 0 saturated carbocycles. The van der Waals surface area contributed by atoms with Crippen LogP contribution in [0, 0.1) is 0 Å². The van der Waals surface area contributed by atoms with Gasteiger partial charge in [-0.25, -0.2) is 0 Å². The van der Waals surface area contributed by atoms with Crippen LogP contribution >= 0.6 is 0 Å². The summed E-state index contributed by atoms with van der Waals surface area (Å²) in [7, 11) is 0. The van der Waals surface area contributed by atoms with Crippen LogP contribution in [0.15, 0.2) is 30.6 Å². The Bertz CT molecular complexity index is 455. The number of hydrogen-bond acceptors (Lipinski definition) is 2. The third kappa shape index (κ3) is 1.60. The van der Waals surface area contributed by atoms with Crippen molar-refractivity contribution in [3.05, 3.63) is 36.3 Å². The first-order valence-electron chi connectivity index (χ1n) is 4.78. The number of nitrogens with zero attached hydrogens (tertiary/aromatic N) is 2. The first kappa shape index (κ1) is 9.13. The summed E-state index contributed by atoms with van der Waals surface area (Å²) in [5.41, 5.74) is 2.25. The largest absolute Gasteiger partial charge is 0.264 e. The highest BCUT2D eigenvalue weighted by molar-refractivity contribution is 5.77. The third-order valence-electron chi connectivity index (χ3n) is 2.26. The lowest BCUT2D eigenvalue weighted by Crippen LogP contribution is -2.13. The standard InChI is InChI=1S/C12H14N2/c1-12(2,3)11-5-4-9-8-13-7-6-10(9)14-11/h4-8H,1-3H3. The van der Waals surface area contributed by atoms with Crippen LogP contribution in [-0.4, -0.2) is 9.97 Å². The molecule has 0 aliphatic heterocycles. The lowest BCUT2D eigenvalue weighted by molar-refractivity contribution is 0.571. The Morgan fingerprint density at radius 3 is 2.57 bits per heavy atom. The van der Waals surface area contributed by atoms with Crippen molar-refractivity contribution < 1.29 is 0 Å². The first-order valence-corrected chi connectivity index (χ1v) is 4.78. The summed E-state index contributed by atoms with van der Waals surface area (Å²) in [5.74, 6) is 0. The summed E-state index contributed by atoms with van der Waals surface area (Å²) in [4.78, 5) is 8.67. The van der Waals surface area contributed by atoms with Crippen molar-refractivity contribution in [3.8, 4) is 0 Å². The number of pyridine rings is 2. The maximum atomic E-state index is 4.61. The summed E-state index contributed by atoms with van der Waals surface area (Å²) in [6, 6.07) is 6.10. The van der Waals surface area contributed by atoms with Gasteiger partial charge in [0.25, 0.3) is 0 Å².